The largest absolute Gasteiger partial charge is 0.484 e. The number of carbonyl (C=O) groups excluding carboxylic acids is 1. The predicted octanol–water partition coefficient (Wildman–Crippen LogP) is 4.13. The number of rotatable bonds is 7. The molecule has 188 valence electrons. The lowest BCUT2D eigenvalue weighted by Crippen LogP contribution is -2.42. The van der Waals surface area contributed by atoms with Gasteiger partial charge in [-0.2, -0.15) is 4.91 Å². The van der Waals surface area contributed by atoms with Crippen LogP contribution < -0.4 is 10.1 Å². The number of amides is 1. The fraction of sp³-hybridized carbons (Fsp3) is 0.296. The third-order valence-electron chi connectivity index (χ3n) is 6.86. The van der Waals surface area contributed by atoms with Crippen LogP contribution in [-0.4, -0.2) is 58.1 Å². The Hall–Kier alpha value is -4.31. The molecule has 1 saturated heterocycles. The van der Waals surface area contributed by atoms with E-state index in [1.807, 2.05) is 47.0 Å². The first-order valence-electron chi connectivity index (χ1n) is 12.3. The van der Waals surface area contributed by atoms with Gasteiger partial charge in [0.2, 0.25) is 0 Å². The number of hydrogen-bond acceptors (Lipinski definition) is 8. The lowest BCUT2D eigenvalue weighted by atomic mass is 10.1. The summed E-state index contributed by atoms with van der Waals surface area (Å²) in [7, 11) is 0. The van der Waals surface area contributed by atoms with E-state index in [0.29, 0.717) is 37.7 Å². The van der Waals surface area contributed by atoms with Gasteiger partial charge in [0.1, 0.15) is 23.3 Å². The summed E-state index contributed by atoms with van der Waals surface area (Å²) in [6, 6.07) is 13.3. The van der Waals surface area contributed by atoms with Gasteiger partial charge in [0.25, 0.3) is 5.91 Å². The van der Waals surface area contributed by atoms with Gasteiger partial charge in [-0.3, -0.25) is 14.2 Å². The number of aryl methyl sites for hydroxylation is 1. The number of ether oxygens (including phenoxy) is 2. The number of nitrogens with zero attached hydrogens (tertiary/aromatic N) is 5. The Bertz CT molecular complexity index is 1450. The van der Waals surface area contributed by atoms with Crippen molar-refractivity contribution in [2.24, 2.45) is 5.18 Å². The van der Waals surface area contributed by atoms with Crippen LogP contribution in [0.25, 0.3) is 16.9 Å². The van der Waals surface area contributed by atoms with E-state index < -0.39 is 0 Å². The summed E-state index contributed by atoms with van der Waals surface area (Å²) in [6.07, 6.45) is 6.88. The molecule has 1 aliphatic carbocycles. The molecule has 6 rings (SSSR count). The molecule has 37 heavy (non-hydrogen) atoms. The molecule has 4 aromatic rings. The van der Waals surface area contributed by atoms with Crippen molar-refractivity contribution >= 4 is 23.1 Å². The number of anilines is 2. The Balaban J connectivity index is 1.23. The molecule has 0 saturated carbocycles. The van der Waals surface area contributed by atoms with Crippen LogP contribution in [0.2, 0.25) is 0 Å². The van der Waals surface area contributed by atoms with Crippen LogP contribution in [0, 0.1) is 4.91 Å². The van der Waals surface area contributed by atoms with Gasteiger partial charge in [-0.1, -0.05) is 11.2 Å². The molecule has 2 aliphatic rings. The van der Waals surface area contributed by atoms with E-state index in [4.69, 9.17) is 14.5 Å². The summed E-state index contributed by atoms with van der Waals surface area (Å²) >= 11 is 0. The first kappa shape index (κ1) is 23.1. The van der Waals surface area contributed by atoms with Crippen molar-refractivity contribution in [3.8, 4) is 17.0 Å². The SMILES string of the molecule is O=NC1CCc2cc(Nc3c(-c4ccc(OCC(=O)N5CCOCC5)cc4)nc4cnccn34)ccc21. The van der Waals surface area contributed by atoms with Crippen LogP contribution in [-0.2, 0) is 16.0 Å². The standard InChI is InChI=1S/C27H26N6O4/c34-25(32-11-13-36-14-12-32)17-37-21-5-1-18(2-6-21)26-27(33-10-9-28-16-24(33)30-26)29-20-4-7-22-19(15-20)3-8-23(22)31-35/h1-2,4-7,9-10,15-16,23,29H,3,8,11-14,17H2. The topological polar surface area (TPSA) is 110 Å². The Labute approximate surface area is 213 Å². The van der Waals surface area contributed by atoms with Crippen molar-refractivity contribution in [1.82, 2.24) is 19.3 Å². The number of imidazole rings is 1. The van der Waals surface area contributed by atoms with E-state index in [-0.39, 0.29) is 18.6 Å². The smallest absolute Gasteiger partial charge is 0.260 e. The lowest BCUT2D eigenvalue weighted by molar-refractivity contribution is -0.137. The zero-order chi connectivity index (χ0) is 25.2. The van der Waals surface area contributed by atoms with Crippen molar-refractivity contribution in [3.05, 3.63) is 77.1 Å². The quantitative estimate of drug-likeness (QED) is 0.382. The highest BCUT2D eigenvalue weighted by atomic mass is 16.5. The molecule has 1 N–H and O–H groups in total. The Morgan fingerprint density at radius 2 is 2.00 bits per heavy atom. The van der Waals surface area contributed by atoms with Gasteiger partial charge in [0.05, 0.1) is 19.4 Å². The summed E-state index contributed by atoms with van der Waals surface area (Å²) in [4.78, 5) is 34.3. The minimum absolute atomic E-state index is 0.00893. The minimum Gasteiger partial charge on any atom is -0.484 e. The molecule has 1 aliphatic heterocycles. The number of nitroso groups, excluding NO2 is 1. The fourth-order valence-corrected chi connectivity index (χ4v) is 4.90. The maximum absolute atomic E-state index is 12.4. The van der Waals surface area contributed by atoms with E-state index in [0.717, 1.165) is 46.7 Å². The molecule has 10 nitrogen and oxygen atoms in total. The van der Waals surface area contributed by atoms with E-state index in [1.165, 1.54) is 0 Å². The summed E-state index contributed by atoms with van der Waals surface area (Å²) in [5, 5.41) is 6.77. The summed E-state index contributed by atoms with van der Waals surface area (Å²) in [5.41, 5.74) is 5.42. The maximum atomic E-state index is 12.4. The maximum Gasteiger partial charge on any atom is 0.260 e. The molecule has 1 fully saturated rings. The first-order valence-corrected chi connectivity index (χ1v) is 12.3. The average molecular weight is 499 g/mol. The average Bonchev–Trinajstić information content (AvgIpc) is 3.53. The van der Waals surface area contributed by atoms with Crippen molar-refractivity contribution < 1.29 is 14.3 Å². The molecule has 1 atom stereocenters. The highest BCUT2D eigenvalue weighted by Crippen LogP contribution is 2.37. The normalized spacial score (nSPS) is 17.0. The number of aromatic nitrogens is 3. The van der Waals surface area contributed by atoms with Gasteiger partial charge in [0.15, 0.2) is 12.3 Å². The molecule has 1 amide bonds. The van der Waals surface area contributed by atoms with Crippen LogP contribution in [0.5, 0.6) is 5.75 Å². The number of hydrogen-bond donors (Lipinski definition) is 1. The summed E-state index contributed by atoms with van der Waals surface area (Å²) < 4.78 is 13.0. The van der Waals surface area contributed by atoms with Gasteiger partial charge in [-0.15, -0.1) is 0 Å². The summed E-state index contributed by atoms with van der Waals surface area (Å²) in [5.74, 6) is 1.37. The van der Waals surface area contributed by atoms with Gasteiger partial charge >= 0.3 is 0 Å². The molecular weight excluding hydrogens is 472 g/mol. The second-order valence-electron chi connectivity index (χ2n) is 9.12. The van der Waals surface area contributed by atoms with Gasteiger partial charge in [-0.25, -0.2) is 4.98 Å². The molecule has 1 unspecified atom stereocenters. The predicted molar refractivity (Wildman–Crippen MR) is 138 cm³/mol. The van der Waals surface area contributed by atoms with Crippen molar-refractivity contribution in [3.63, 3.8) is 0 Å². The second-order valence-corrected chi connectivity index (χ2v) is 9.12. The van der Waals surface area contributed by atoms with E-state index in [9.17, 15) is 9.70 Å². The summed E-state index contributed by atoms with van der Waals surface area (Å²) in [6.45, 7) is 2.31. The number of nitrogens with one attached hydrogen (secondary N) is 1. The molecule has 2 aromatic heterocycles. The zero-order valence-electron chi connectivity index (χ0n) is 20.2. The third kappa shape index (κ3) is 4.63. The highest BCUT2D eigenvalue weighted by Gasteiger charge is 2.24. The number of carbonyl (C=O) groups is 1. The lowest BCUT2D eigenvalue weighted by Gasteiger charge is -2.26. The molecule has 0 spiro atoms. The number of morpholine rings is 1. The Morgan fingerprint density at radius 1 is 1.16 bits per heavy atom. The number of fused-ring (bicyclic) bond motifs is 2. The van der Waals surface area contributed by atoms with E-state index in [2.05, 4.69) is 21.5 Å². The molecule has 2 aromatic carbocycles. The molecule has 10 heteroatoms. The van der Waals surface area contributed by atoms with Crippen LogP contribution in [0.4, 0.5) is 11.5 Å². The molecular formula is C27H26N6O4. The Morgan fingerprint density at radius 3 is 2.81 bits per heavy atom. The van der Waals surface area contributed by atoms with Crippen molar-refractivity contribution in [1.29, 1.82) is 0 Å². The van der Waals surface area contributed by atoms with Crippen molar-refractivity contribution in [2.75, 3.05) is 38.2 Å². The fourth-order valence-electron chi connectivity index (χ4n) is 4.90. The van der Waals surface area contributed by atoms with Gasteiger partial charge in [-0.05, 0) is 60.4 Å². The van der Waals surface area contributed by atoms with Crippen LogP contribution in [0.15, 0.2) is 66.2 Å². The third-order valence-corrected chi connectivity index (χ3v) is 6.86. The first-order chi connectivity index (χ1) is 18.2. The molecule has 0 bridgehead atoms. The van der Waals surface area contributed by atoms with E-state index >= 15 is 0 Å². The van der Waals surface area contributed by atoms with Crippen LogP contribution in [0.1, 0.15) is 23.6 Å². The van der Waals surface area contributed by atoms with Gasteiger partial charge < -0.3 is 19.7 Å². The van der Waals surface area contributed by atoms with Crippen LogP contribution in [0.3, 0.4) is 0 Å². The number of benzene rings is 2. The van der Waals surface area contributed by atoms with E-state index in [1.54, 1.807) is 17.3 Å². The molecule has 0 radical (unpaired) electrons. The Kier molecular flexibility index (Phi) is 6.23. The van der Waals surface area contributed by atoms with Crippen molar-refractivity contribution in [2.45, 2.75) is 18.9 Å². The van der Waals surface area contributed by atoms with Crippen LogP contribution >= 0.6 is 0 Å². The minimum atomic E-state index is -0.258. The zero-order valence-corrected chi connectivity index (χ0v) is 20.2. The molecule has 3 heterocycles. The van der Waals surface area contributed by atoms with Gasteiger partial charge in [0, 0.05) is 36.7 Å². The second kappa shape index (κ2) is 9.98. The monoisotopic (exact) mass is 498 g/mol. The highest BCUT2D eigenvalue weighted by molar-refractivity contribution is 5.80.